The number of nitrogens with zero attached hydrogens (tertiary/aromatic N) is 1. The molecule has 0 bridgehead atoms. The molecule has 0 radical (unpaired) electrons. The predicted octanol–water partition coefficient (Wildman–Crippen LogP) is 0.548. The quantitative estimate of drug-likeness (QED) is 0.697. The van der Waals surface area contributed by atoms with Crippen molar-refractivity contribution in [3.8, 4) is 0 Å². The lowest BCUT2D eigenvalue weighted by Gasteiger charge is -2.23. The van der Waals surface area contributed by atoms with Crippen molar-refractivity contribution in [1.82, 2.24) is 4.90 Å². The Kier molecular flexibility index (Phi) is 4.16. The van der Waals surface area contributed by atoms with Crippen LogP contribution in [0.2, 0.25) is 0 Å². The molecule has 1 fully saturated rings. The normalized spacial score (nSPS) is 29.1. The molecule has 0 spiro atoms. The predicted molar refractivity (Wildman–Crippen MR) is 54.6 cm³/mol. The maximum absolute atomic E-state index is 5.91. The summed E-state index contributed by atoms with van der Waals surface area (Å²) in [5, 5.41) is 0. The van der Waals surface area contributed by atoms with Crippen LogP contribution in [0.3, 0.4) is 0 Å². The van der Waals surface area contributed by atoms with E-state index in [2.05, 4.69) is 25.8 Å². The SMILES string of the molecule is CC(C)CN(C)CC1COCC1N. The minimum atomic E-state index is 0.245. The molecule has 0 aromatic rings. The van der Waals surface area contributed by atoms with Crippen molar-refractivity contribution in [2.75, 3.05) is 33.4 Å². The van der Waals surface area contributed by atoms with Gasteiger partial charge in [0.1, 0.15) is 0 Å². The lowest BCUT2D eigenvalue weighted by molar-refractivity contribution is 0.171. The van der Waals surface area contributed by atoms with Crippen LogP contribution < -0.4 is 5.73 Å². The Morgan fingerprint density at radius 2 is 2.15 bits per heavy atom. The zero-order chi connectivity index (χ0) is 9.84. The molecule has 2 N–H and O–H groups in total. The molecule has 1 aliphatic rings. The zero-order valence-electron chi connectivity index (χ0n) is 8.99. The van der Waals surface area contributed by atoms with Crippen LogP contribution in [0.15, 0.2) is 0 Å². The molecule has 1 aliphatic heterocycles. The molecule has 2 unspecified atom stereocenters. The number of ether oxygens (including phenoxy) is 1. The Labute approximate surface area is 81.2 Å². The van der Waals surface area contributed by atoms with Gasteiger partial charge in [-0.1, -0.05) is 13.8 Å². The molecule has 0 aliphatic carbocycles. The van der Waals surface area contributed by atoms with Gasteiger partial charge in [0.15, 0.2) is 0 Å². The van der Waals surface area contributed by atoms with Gasteiger partial charge in [-0.25, -0.2) is 0 Å². The van der Waals surface area contributed by atoms with Crippen LogP contribution in [0.4, 0.5) is 0 Å². The lowest BCUT2D eigenvalue weighted by atomic mass is 10.0. The van der Waals surface area contributed by atoms with Gasteiger partial charge in [0.05, 0.1) is 13.2 Å². The van der Waals surface area contributed by atoms with Gasteiger partial charge in [-0.15, -0.1) is 0 Å². The first-order valence-corrected chi connectivity index (χ1v) is 5.11. The highest BCUT2D eigenvalue weighted by Gasteiger charge is 2.25. The maximum Gasteiger partial charge on any atom is 0.0621 e. The lowest BCUT2D eigenvalue weighted by Crippen LogP contribution is -2.38. The first-order valence-electron chi connectivity index (χ1n) is 5.11. The van der Waals surface area contributed by atoms with E-state index in [1.54, 1.807) is 0 Å². The van der Waals surface area contributed by atoms with Crippen molar-refractivity contribution in [3.05, 3.63) is 0 Å². The largest absolute Gasteiger partial charge is 0.379 e. The molecule has 0 amide bonds. The van der Waals surface area contributed by atoms with E-state index in [9.17, 15) is 0 Å². The highest BCUT2D eigenvalue weighted by molar-refractivity contribution is 4.80. The summed E-state index contributed by atoms with van der Waals surface area (Å²) in [6.07, 6.45) is 0. The average molecular weight is 186 g/mol. The fraction of sp³-hybridized carbons (Fsp3) is 1.00. The molecular weight excluding hydrogens is 164 g/mol. The van der Waals surface area contributed by atoms with E-state index in [0.29, 0.717) is 5.92 Å². The van der Waals surface area contributed by atoms with E-state index < -0.39 is 0 Å². The molecule has 13 heavy (non-hydrogen) atoms. The van der Waals surface area contributed by atoms with Crippen molar-refractivity contribution >= 4 is 0 Å². The first-order chi connectivity index (χ1) is 6.09. The molecule has 1 heterocycles. The summed E-state index contributed by atoms with van der Waals surface area (Å²) in [5.74, 6) is 1.26. The van der Waals surface area contributed by atoms with Crippen LogP contribution in [-0.2, 0) is 4.74 Å². The fourth-order valence-corrected chi connectivity index (χ4v) is 1.90. The van der Waals surface area contributed by atoms with Crippen molar-refractivity contribution in [3.63, 3.8) is 0 Å². The molecule has 2 atom stereocenters. The van der Waals surface area contributed by atoms with Crippen molar-refractivity contribution in [2.45, 2.75) is 19.9 Å². The molecule has 0 aromatic carbocycles. The number of nitrogens with two attached hydrogens (primary N) is 1. The Hall–Kier alpha value is -0.120. The molecule has 0 aromatic heterocycles. The van der Waals surface area contributed by atoms with Gasteiger partial charge in [0.2, 0.25) is 0 Å². The van der Waals surface area contributed by atoms with E-state index in [4.69, 9.17) is 10.5 Å². The van der Waals surface area contributed by atoms with Crippen LogP contribution >= 0.6 is 0 Å². The van der Waals surface area contributed by atoms with Crippen LogP contribution in [-0.4, -0.2) is 44.3 Å². The Morgan fingerprint density at radius 3 is 2.62 bits per heavy atom. The standard InChI is InChI=1S/C10H22N2O/c1-8(2)4-12(3)5-9-6-13-7-10(9)11/h8-10H,4-7,11H2,1-3H3. The monoisotopic (exact) mass is 186 g/mol. The van der Waals surface area contributed by atoms with Crippen molar-refractivity contribution in [2.24, 2.45) is 17.6 Å². The summed E-state index contributed by atoms with van der Waals surface area (Å²) in [6, 6.07) is 0.245. The van der Waals surface area contributed by atoms with E-state index in [0.717, 1.165) is 32.2 Å². The third kappa shape index (κ3) is 3.63. The second kappa shape index (κ2) is 4.94. The third-order valence-electron chi connectivity index (χ3n) is 2.47. The van der Waals surface area contributed by atoms with Gasteiger partial charge in [0.25, 0.3) is 0 Å². The summed E-state index contributed by atoms with van der Waals surface area (Å²) < 4.78 is 5.32. The fourth-order valence-electron chi connectivity index (χ4n) is 1.90. The summed E-state index contributed by atoms with van der Waals surface area (Å²) in [4.78, 5) is 2.35. The number of hydrogen-bond donors (Lipinski definition) is 1. The highest BCUT2D eigenvalue weighted by Crippen LogP contribution is 2.13. The van der Waals surface area contributed by atoms with E-state index >= 15 is 0 Å². The molecular formula is C10H22N2O. The molecule has 0 saturated carbocycles. The van der Waals surface area contributed by atoms with Crippen LogP contribution in [0.5, 0.6) is 0 Å². The Balaban J connectivity index is 2.22. The second-order valence-corrected chi connectivity index (χ2v) is 4.58. The first kappa shape index (κ1) is 11.0. The smallest absolute Gasteiger partial charge is 0.0621 e. The minimum Gasteiger partial charge on any atom is -0.379 e. The van der Waals surface area contributed by atoms with Crippen molar-refractivity contribution in [1.29, 1.82) is 0 Å². The van der Waals surface area contributed by atoms with Crippen LogP contribution in [0.1, 0.15) is 13.8 Å². The molecule has 1 saturated heterocycles. The molecule has 3 heteroatoms. The van der Waals surface area contributed by atoms with E-state index in [1.807, 2.05) is 0 Å². The van der Waals surface area contributed by atoms with Crippen LogP contribution in [0, 0.1) is 11.8 Å². The molecule has 78 valence electrons. The van der Waals surface area contributed by atoms with E-state index in [-0.39, 0.29) is 6.04 Å². The van der Waals surface area contributed by atoms with Gasteiger partial charge < -0.3 is 15.4 Å². The second-order valence-electron chi connectivity index (χ2n) is 4.58. The molecule has 1 rings (SSSR count). The molecule has 3 nitrogen and oxygen atoms in total. The third-order valence-corrected chi connectivity index (χ3v) is 2.47. The minimum absolute atomic E-state index is 0.245. The topological polar surface area (TPSA) is 38.5 Å². The van der Waals surface area contributed by atoms with Gasteiger partial charge in [0, 0.05) is 25.0 Å². The zero-order valence-corrected chi connectivity index (χ0v) is 8.99. The van der Waals surface area contributed by atoms with Crippen molar-refractivity contribution < 1.29 is 4.74 Å². The highest BCUT2D eigenvalue weighted by atomic mass is 16.5. The maximum atomic E-state index is 5.91. The van der Waals surface area contributed by atoms with Gasteiger partial charge in [-0.3, -0.25) is 0 Å². The number of hydrogen-bond acceptors (Lipinski definition) is 3. The van der Waals surface area contributed by atoms with Gasteiger partial charge in [-0.2, -0.15) is 0 Å². The Bertz CT molecular complexity index is 150. The number of rotatable bonds is 4. The summed E-state index contributed by atoms with van der Waals surface area (Å²) >= 11 is 0. The summed E-state index contributed by atoms with van der Waals surface area (Å²) in [7, 11) is 2.16. The van der Waals surface area contributed by atoms with Gasteiger partial charge in [-0.05, 0) is 13.0 Å². The van der Waals surface area contributed by atoms with E-state index in [1.165, 1.54) is 0 Å². The summed E-state index contributed by atoms with van der Waals surface area (Å²) in [5.41, 5.74) is 5.91. The van der Waals surface area contributed by atoms with Crippen LogP contribution in [0.25, 0.3) is 0 Å². The van der Waals surface area contributed by atoms with Gasteiger partial charge >= 0.3 is 0 Å². The average Bonchev–Trinajstić information content (AvgIpc) is 2.34. The summed E-state index contributed by atoms with van der Waals surface area (Å²) in [6.45, 7) is 8.26. The Morgan fingerprint density at radius 1 is 1.46 bits per heavy atom.